The minimum absolute atomic E-state index is 0.0317. The van der Waals surface area contributed by atoms with Crippen molar-refractivity contribution in [2.45, 2.75) is 11.8 Å². The molecule has 0 aliphatic carbocycles. The van der Waals surface area contributed by atoms with Crippen LogP contribution in [0.1, 0.15) is 5.56 Å². The normalized spacial score (nSPS) is 10.9. The lowest BCUT2D eigenvalue weighted by Gasteiger charge is -2.09. The zero-order valence-electron chi connectivity index (χ0n) is 15.1. The number of nitrogens with one attached hydrogen (secondary N) is 1. The molecule has 140 valence electrons. The number of hydrogen-bond acceptors (Lipinski definition) is 4. The molecule has 0 spiro atoms. The van der Waals surface area contributed by atoms with Crippen molar-refractivity contribution in [3.8, 4) is 10.6 Å². The molecule has 0 saturated carbocycles. The number of para-hydroxylation sites is 1. The zero-order chi connectivity index (χ0) is 19.5. The van der Waals surface area contributed by atoms with Gasteiger partial charge in [0.2, 0.25) is 5.91 Å². The zero-order valence-corrected chi connectivity index (χ0v) is 17.5. The van der Waals surface area contributed by atoms with E-state index < -0.39 is 0 Å². The number of thioether (sulfide) groups is 1. The molecule has 0 saturated heterocycles. The molecule has 3 aromatic carbocycles. The maximum atomic E-state index is 12.3. The maximum absolute atomic E-state index is 12.3. The second-order valence-corrected chi connectivity index (χ2v) is 8.82. The van der Waals surface area contributed by atoms with E-state index in [1.165, 1.54) is 16.5 Å². The number of anilines is 1. The lowest BCUT2D eigenvalue weighted by Crippen LogP contribution is -2.14. The van der Waals surface area contributed by atoms with Gasteiger partial charge in [-0.15, -0.1) is 23.1 Å². The van der Waals surface area contributed by atoms with Crippen LogP contribution in [-0.2, 0) is 4.79 Å². The highest BCUT2D eigenvalue weighted by Gasteiger charge is 2.10. The van der Waals surface area contributed by atoms with E-state index >= 15 is 0 Å². The maximum Gasteiger partial charge on any atom is 0.234 e. The predicted molar refractivity (Wildman–Crippen MR) is 121 cm³/mol. The molecular weight excluding hydrogens is 408 g/mol. The average molecular weight is 425 g/mol. The fraction of sp³-hybridized carbons (Fsp3) is 0.0909. The van der Waals surface area contributed by atoms with Crippen LogP contribution < -0.4 is 5.32 Å². The van der Waals surface area contributed by atoms with Gasteiger partial charge in [-0.05, 0) is 67.1 Å². The molecule has 6 heteroatoms. The third kappa shape index (κ3) is 4.38. The second kappa shape index (κ2) is 8.35. The summed E-state index contributed by atoms with van der Waals surface area (Å²) in [4.78, 5) is 18.0. The van der Waals surface area contributed by atoms with Crippen molar-refractivity contribution in [3.63, 3.8) is 0 Å². The number of benzene rings is 3. The number of amides is 1. The number of carbonyl (C=O) groups is 1. The van der Waals surface area contributed by atoms with E-state index in [0.29, 0.717) is 10.8 Å². The molecule has 4 rings (SSSR count). The van der Waals surface area contributed by atoms with Crippen LogP contribution in [0, 0.1) is 6.92 Å². The Morgan fingerprint density at radius 3 is 2.64 bits per heavy atom. The Balaban J connectivity index is 1.43. The van der Waals surface area contributed by atoms with Gasteiger partial charge in [0.05, 0.1) is 16.0 Å². The number of carbonyl (C=O) groups excluding carboxylic acids is 1. The van der Waals surface area contributed by atoms with Crippen molar-refractivity contribution in [2.24, 2.45) is 0 Å². The Labute approximate surface area is 176 Å². The summed E-state index contributed by atoms with van der Waals surface area (Å²) in [6.45, 7) is 2.00. The van der Waals surface area contributed by atoms with Gasteiger partial charge in [0.25, 0.3) is 0 Å². The van der Waals surface area contributed by atoms with Crippen molar-refractivity contribution < 1.29 is 4.79 Å². The van der Waals surface area contributed by atoms with Gasteiger partial charge < -0.3 is 5.32 Å². The Hall–Kier alpha value is -2.34. The summed E-state index contributed by atoms with van der Waals surface area (Å²) in [6.07, 6.45) is 0. The molecule has 1 amide bonds. The molecule has 0 fully saturated rings. The van der Waals surface area contributed by atoms with Crippen LogP contribution >= 0.6 is 34.7 Å². The number of aromatic nitrogens is 1. The summed E-state index contributed by atoms with van der Waals surface area (Å²) in [5.41, 5.74) is 3.91. The number of thiazole rings is 1. The first-order chi connectivity index (χ1) is 13.6. The van der Waals surface area contributed by atoms with Gasteiger partial charge in [-0.25, -0.2) is 4.98 Å². The Bertz CT molecular complexity index is 1110. The molecule has 0 bridgehead atoms. The molecule has 0 aliphatic rings. The van der Waals surface area contributed by atoms with Crippen LogP contribution in [-0.4, -0.2) is 16.6 Å². The molecule has 28 heavy (non-hydrogen) atoms. The van der Waals surface area contributed by atoms with E-state index in [1.807, 2.05) is 61.5 Å². The fourth-order valence-corrected chi connectivity index (χ4v) is 4.59. The first-order valence-corrected chi connectivity index (χ1v) is 10.9. The van der Waals surface area contributed by atoms with Gasteiger partial charge in [-0.3, -0.25) is 4.79 Å². The second-order valence-electron chi connectivity index (χ2n) is 6.31. The molecule has 4 aromatic rings. The quantitative estimate of drug-likeness (QED) is 0.364. The first kappa shape index (κ1) is 19.0. The molecule has 0 radical (unpaired) electrons. The first-order valence-electron chi connectivity index (χ1n) is 8.73. The van der Waals surface area contributed by atoms with Crippen LogP contribution in [0.4, 0.5) is 5.69 Å². The van der Waals surface area contributed by atoms with Gasteiger partial charge >= 0.3 is 0 Å². The largest absolute Gasteiger partial charge is 0.325 e. The molecule has 3 nitrogen and oxygen atoms in total. The number of rotatable bonds is 5. The van der Waals surface area contributed by atoms with Crippen LogP contribution in [0.2, 0.25) is 5.02 Å². The number of fused-ring (bicyclic) bond motifs is 1. The molecule has 1 N–H and O–H groups in total. The van der Waals surface area contributed by atoms with Crippen molar-refractivity contribution in [1.82, 2.24) is 4.98 Å². The highest BCUT2D eigenvalue weighted by Crippen LogP contribution is 2.32. The minimum Gasteiger partial charge on any atom is -0.325 e. The van der Waals surface area contributed by atoms with Gasteiger partial charge in [-0.1, -0.05) is 23.7 Å². The standard InChI is InChI=1S/C22H17ClN2OS2/c1-14-12-15(22-25-19-4-2-3-5-20(19)28-22)6-11-18(14)24-21(26)13-27-17-9-7-16(23)8-10-17/h2-12H,13H2,1H3,(H,24,26). The lowest BCUT2D eigenvalue weighted by atomic mass is 10.1. The monoisotopic (exact) mass is 424 g/mol. The highest BCUT2D eigenvalue weighted by atomic mass is 35.5. The summed E-state index contributed by atoms with van der Waals surface area (Å²) < 4.78 is 1.17. The Morgan fingerprint density at radius 2 is 1.89 bits per heavy atom. The topological polar surface area (TPSA) is 42.0 Å². The van der Waals surface area contributed by atoms with Crippen LogP contribution in [0.25, 0.3) is 20.8 Å². The van der Waals surface area contributed by atoms with E-state index in [-0.39, 0.29) is 5.91 Å². The summed E-state index contributed by atoms with van der Waals surface area (Å²) in [7, 11) is 0. The summed E-state index contributed by atoms with van der Waals surface area (Å²) in [6, 6.07) is 21.6. The van der Waals surface area contributed by atoms with Crippen LogP contribution in [0.15, 0.2) is 71.6 Å². The summed E-state index contributed by atoms with van der Waals surface area (Å²) in [5.74, 6) is 0.316. The van der Waals surface area contributed by atoms with Gasteiger partial charge in [0, 0.05) is 21.2 Å². The van der Waals surface area contributed by atoms with Crippen molar-refractivity contribution in [2.75, 3.05) is 11.1 Å². The number of aryl methyl sites for hydroxylation is 1. The lowest BCUT2D eigenvalue weighted by molar-refractivity contribution is -0.113. The third-order valence-electron chi connectivity index (χ3n) is 4.22. The SMILES string of the molecule is Cc1cc(-c2nc3ccccc3s2)ccc1NC(=O)CSc1ccc(Cl)cc1. The number of hydrogen-bond donors (Lipinski definition) is 1. The van der Waals surface area contributed by atoms with E-state index in [2.05, 4.69) is 17.4 Å². The fourth-order valence-electron chi connectivity index (χ4n) is 2.80. The molecule has 1 heterocycles. The van der Waals surface area contributed by atoms with E-state index in [0.717, 1.165) is 32.2 Å². The van der Waals surface area contributed by atoms with Crippen LogP contribution in [0.5, 0.6) is 0 Å². The Morgan fingerprint density at radius 1 is 1.11 bits per heavy atom. The van der Waals surface area contributed by atoms with Crippen molar-refractivity contribution >= 4 is 56.5 Å². The Kier molecular flexibility index (Phi) is 5.67. The van der Waals surface area contributed by atoms with Gasteiger partial charge in [0.1, 0.15) is 5.01 Å². The van der Waals surface area contributed by atoms with Crippen molar-refractivity contribution in [1.29, 1.82) is 0 Å². The molecule has 0 unspecified atom stereocenters. The van der Waals surface area contributed by atoms with E-state index in [4.69, 9.17) is 16.6 Å². The average Bonchev–Trinajstić information content (AvgIpc) is 3.13. The van der Waals surface area contributed by atoms with Crippen LogP contribution in [0.3, 0.4) is 0 Å². The molecule has 0 atom stereocenters. The van der Waals surface area contributed by atoms with Crippen molar-refractivity contribution in [3.05, 3.63) is 77.3 Å². The molecular formula is C22H17ClN2OS2. The summed E-state index contributed by atoms with van der Waals surface area (Å²) >= 11 is 9.05. The molecule has 1 aromatic heterocycles. The van der Waals surface area contributed by atoms with E-state index in [1.54, 1.807) is 11.3 Å². The van der Waals surface area contributed by atoms with E-state index in [9.17, 15) is 4.79 Å². The van der Waals surface area contributed by atoms with Gasteiger partial charge in [-0.2, -0.15) is 0 Å². The predicted octanol–water partition coefficient (Wildman–Crippen LogP) is 6.66. The molecule has 0 aliphatic heterocycles. The van der Waals surface area contributed by atoms with Gasteiger partial charge in [0.15, 0.2) is 0 Å². The summed E-state index contributed by atoms with van der Waals surface area (Å²) in [5, 5.41) is 4.67. The minimum atomic E-state index is -0.0317. The smallest absolute Gasteiger partial charge is 0.234 e. The highest BCUT2D eigenvalue weighted by molar-refractivity contribution is 8.00. The number of nitrogens with zero attached hydrogens (tertiary/aromatic N) is 1. The third-order valence-corrected chi connectivity index (χ3v) is 6.57. The number of halogens is 1.